The molecule has 0 radical (unpaired) electrons. The van der Waals surface area contributed by atoms with E-state index in [2.05, 4.69) is 30.9 Å². The van der Waals surface area contributed by atoms with Gasteiger partial charge < -0.3 is 5.11 Å². The van der Waals surface area contributed by atoms with Crippen LogP contribution in [0.1, 0.15) is 48.3 Å². The molecule has 27 heavy (non-hydrogen) atoms. The second kappa shape index (κ2) is 7.40. The number of benzene rings is 2. The van der Waals surface area contributed by atoms with Gasteiger partial charge in [-0.3, -0.25) is 0 Å². The summed E-state index contributed by atoms with van der Waals surface area (Å²) in [5.41, 5.74) is 2.74. The molecule has 0 saturated carbocycles. The molecule has 3 rings (SSSR count). The lowest BCUT2D eigenvalue weighted by Crippen LogP contribution is -2.25. The van der Waals surface area contributed by atoms with Crippen molar-refractivity contribution in [3.05, 3.63) is 71.3 Å². The maximum atomic E-state index is 11.4. The zero-order valence-corrected chi connectivity index (χ0v) is 16.3. The van der Waals surface area contributed by atoms with E-state index >= 15 is 0 Å². The van der Waals surface area contributed by atoms with Crippen LogP contribution < -0.4 is 0 Å². The largest absolute Gasteiger partial charge is 0.478 e. The van der Waals surface area contributed by atoms with Gasteiger partial charge in [0.15, 0.2) is 5.82 Å². The van der Waals surface area contributed by atoms with Gasteiger partial charge in [0.2, 0.25) is 0 Å². The van der Waals surface area contributed by atoms with Crippen LogP contribution in [0.2, 0.25) is 0 Å². The van der Waals surface area contributed by atoms with Crippen LogP contribution in [0.5, 0.6) is 0 Å². The van der Waals surface area contributed by atoms with E-state index in [1.807, 2.05) is 41.1 Å². The smallest absolute Gasteiger partial charge is 0.336 e. The predicted octanol–water partition coefficient (Wildman–Crippen LogP) is 4.34. The van der Waals surface area contributed by atoms with Crippen LogP contribution in [0, 0.1) is 0 Å². The van der Waals surface area contributed by atoms with E-state index < -0.39 is 5.97 Å². The number of aromatic nitrogens is 3. The summed E-state index contributed by atoms with van der Waals surface area (Å²) >= 11 is 4.97. The molecule has 138 valence electrons. The Morgan fingerprint density at radius 3 is 2.41 bits per heavy atom. The Balaban J connectivity index is 1.91. The van der Waals surface area contributed by atoms with Crippen molar-refractivity contribution in [2.24, 2.45) is 0 Å². The van der Waals surface area contributed by atoms with Crippen LogP contribution in [0.3, 0.4) is 0 Å². The highest BCUT2D eigenvalue weighted by atomic mass is 32.1. The van der Waals surface area contributed by atoms with Crippen LogP contribution in [0.4, 0.5) is 0 Å². The molecule has 5 nitrogen and oxygen atoms in total. The Morgan fingerprint density at radius 2 is 1.81 bits per heavy atom. The number of thiocarbonyl (C=S) groups is 1. The Kier molecular flexibility index (Phi) is 5.19. The Bertz CT molecular complexity index is 985. The van der Waals surface area contributed by atoms with Crippen LogP contribution in [0.25, 0.3) is 11.1 Å². The van der Waals surface area contributed by atoms with Gasteiger partial charge in [-0.05, 0) is 43.5 Å². The molecule has 0 spiro atoms. The van der Waals surface area contributed by atoms with Crippen LogP contribution in [-0.2, 0) is 12.0 Å². The fourth-order valence-electron chi connectivity index (χ4n) is 2.97. The molecule has 0 atom stereocenters. The van der Waals surface area contributed by atoms with Gasteiger partial charge in [0.25, 0.3) is 0 Å². The molecule has 0 aliphatic heterocycles. The van der Waals surface area contributed by atoms with Gasteiger partial charge in [-0.15, -0.1) is 5.10 Å². The second-order valence-electron chi connectivity index (χ2n) is 7.31. The molecular weight excluding hydrogens is 358 g/mol. The van der Waals surface area contributed by atoms with E-state index in [0.29, 0.717) is 23.4 Å². The van der Waals surface area contributed by atoms with Gasteiger partial charge >= 0.3 is 5.97 Å². The third-order valence-electron chi connectivity index (χ3n) is 4.22. The van der Waals surface area contributed by atoms with Gasteiger partial charge in [-0.1, -0.05) is 54.7 Å². The van der Waals surface area contributed by atoms with Crippen molar-refractivity contribution < 1.29 is 9.90 Å². The van der Waals surface area contributed by atoms with E-state index in [-0.39, 0.29) is 5.54 Å². The summed E-state index contributed by atoms with van der Waals surface area (Å²) in [4.78, 5) is 16.0. The van der Waals surface area contributed by atoms with E-state index in [1.54, 1.807) is 12.1 Å². The quantitative estimate of drug-likeness (QED) is 0.668. The molecule has 0 bridgehead atoms. The van der Waals surface area contributed by atoms with Crippen LogP contribution >= 0.6 is 12.2 Å². The van der Waals surface area contributed by atoms with E-state index in [0.717, 1.165) is 17.0 Å². The summed E-state index contributed by atoms with van der Waals surface area (Å²) in [7, 11) is 0. The normalized spacial score (nSPS) is 11.4. The summed E-state index contributed by atoms with van der Waals surface area (Å²) in [6.07, 6.45) is 0.619. The summed E-state index contributed by atoms with van der Waals surface area (Å²) < 4.78 is 1.90. The zero-order chi connectivity index (χ0) is 19.6. The van der Waals surface area contributed by atoms with Gasteiger partial charge in [0, 0.05) is 11.8 Å². The number of hydrogen-bond acceptors (Lipinski definition) is 4. The van der Waals surface area contributed by atoms with Crippen molar-refractivity contribution in [1.29, 1.82) is 0 Å². The highest BCUT2D eigenvalue weighted by Crippen LogP contribution is 2.25. The topological polar surface area (TPSA) is 68.0 Å². The number of carboxylic acid groups (broad SMARTS) is 1. The number of nitrogens with zero attached hydrogens (tertiary/aromatic N) is 3. The minimum atomic E-state index is -0.930. The number of hydrogen-bond donors (Lipinski definition) is 1. The predicted molar refractivity (Wildman–Crippen MR) is 109 cm³/mol. The minimum absolute atomic E-state index is 0.195. The third-order valence-corrected chi connectivity index (χ3v) is 4.43. The highest BCUT2D eigenvalue weighted by molar-refractivity contribution is 7.79. The monoisotopic (exact) mass is 379 g/mol. The molecule has 1 aromatic heterocycles. The average molecular weight is 379 g/mol. The number of carboxylic acids is 1. The van der Waals surface area contributed by atoms with Crippen LogP contribution in [0.15, 0.2) is 48.5 Å². The maximum absolute atomic E-state index is 11.4. The van der Waals surface area contributed by atoms with Crippen molar-refractivity contribution in [3.8, 4) is 11.1 Å². The first-order valence-corrected chi connectivity index (χ1v) is 9.10. The number of aromatic carboxylic acids is 1. The van der Waals surface area contributed by atoms with Gasteiger partial charge in [0.05, 0.1) is 11.1 Å². The molecule has 1 N–H and O–H groups in total. The van der Waals surface area contributed by atoms with E-state index in [9.17, 15) is 9.90 Å². The van der Waals surface area contributed by atoms with E-state index in [1.165, 1.54) is 5.37 Å². The van der Waals surface area contributed by atoms with Crippen molar-refractivity contribution in [2.45, 2.75) is 32.7 Å². The molecule has 1 heterocycles. The fraction of sp³-hybridized carbons (Fsp3) is 0.238. The summed E-state index contributed by atoms with van der Waals surface area (Å²) in [6.45, 7) is 6.22. The maximum Gasteiger partial charge on any atom is 0.336 e. The molecule has 0 fully saturated rings. The molecule has 2 aromatic carbocycles. The first-order chi connectivity index (χ1) is 12.8. The number of rotatable bonds is 5. The van der Waals surface area contributed by atoms with Gasteiger partial charge in [-0.2, -0.15) is 0 Å². The zero-order valence-electron chi connectivity index (χ0n) is 15.5. The molecule has 0 saturated heterocycles. The molecule has 0 aliphatic carbocycles. The molecule has 0 aliphatic rings. The highest BCUT2D eigenvalue weighted by Gasteiger charge is 2.20. The average Bonchev–Trinajstić information content (AvgIpc) is 3.06. The molecule has 0 amide bonds. The summed E-state index contributed by atoms with van der Waals surface area (Å²) in [5, 5.41) is 15.3. The Morgan fingerprint density at radius 1 is 1.15 bits per heavy atom. The summed E-state index contributed by atoms with van der Waals surface area (Å²) in [5.74, 6) is 0.458. The fourth-order valence-corrected chi connectivity index (χ4v) is 3.07. The Labute approximate surface area is 163 Å². The van der Waals surface area contributed by atoms with Gasteiger partial charge in [-0.25, -0.2) is 14.5 Å². The van der Waals surface area contributed by atoms with Crippen molar-refractivity contribution in [1.82, 2.24) is 14.8 Å². The van der Waals surface area contributed by atoms with E-state index in [4.69, 9.17) is 12.2 Å². The lowest BCUT2D eigenvalue weighted by Gasteiger charge is -2.21. The lowest BCUT2D eigenvalue weighted by atomic mass is 9.98. The third kappa shape index (κ3) is 4.11. The Hall–Kier alpha value is -2.86. The van der Waals surface area contributed by atoms with Crippen LogP contribution in [-0.4, -0.2) is 31.2 Å². The summed E-state index contributed by atoms with van der Waals surface area (Å²) in [6, 6.07) is 14.9. The molecule has 3 aromatic rings. The van der Waals surface area contributed by atoms with Crippen molar-refractivity contribution in [3.63, 3.8) is 0 Å². The van der Waals surface area contributed by atoms with Crippen molar-refractivity contribution in [2.75, 3.05) is 0 Å². The SMILES string of the molecule is CC(C)(C)n1nc(C=S)nc1Cc1ccc(-c2ccccc2C(=O)O)cc1. The first kappa shape index (κ1) is 18.9. The van der Waals surface area contributed by atoms with Gasteiger partial charge in [0.1, 0.15) is 5.82 Å². The second-order valence-corrected chi connectivity index (χ2v) is 7.55. The minimum Gasteiger partial charge on any atom is -0.478 e. The molecule has 6 heteroatoms. The number of carbonyl (C=O) groups is 1. The molecule has 0 unspecified atom stereocenters. The molecular formula is C21H21N3O2S. The van der Waals surface area contributed by atoms with Crippen molar-refractivity contribution >= 4 is 23.6 Å². The standard InChI is InChI=1S/C21H21N3O2S/c1-21(2,3)24-19(22-18(13-27)23-24)12-14-8-10-15(11-9-14)16-6-4-5-7-17(16)20(25)26/h4-11,13H,12H2,1-3H3,(H,25,26). The first-order valence-electron chi connectivity index (χ1n) is 8.63. The lowest BCUT2D eigenvalue weighted by molar-refractivity contribution is 0.0697.